The van der Waals surface area contributed by atoms with Gasteiger partial charge in [0, 0.05) is 11.5 Å². The maximum Gasteiger partial charge on any atom is 0.252 e. The molecule has 2 heteroatoms. The summed E-state index contributed by atoms with van der Waals surface area (Å²) in [6.07, 6.45) is 12.2. The molecule has 0 saturated heterocycles. The van der Waals surface area contributed by atoms with E-state index in [-0.39, 0.29) is 5.92 Å². The first kappa shape index (κ1) is 10.9. The van der Waals surface area contributed by atoms with Gasteiger partial charge in [0.1, 0.15) is 0 Å². The van der Waals surface area contributed by atoms with Crippen molar-refractivity contribution in [1.29, 1.82) is 0 Å². The van der Waals surface area contributed by atoms with E-state index in [1.54, 1.807) is 12.1 Å². The quantitative estimate of drug-likeness (QED) is 0.706. The molecule has 0 spiro atoms. The van der Waals surface area contributed by atoms with Gasteiger partial charge in [-0.1, -0.05) is 48.6 Å². The maximum absolute atomic E-state index is 10.9. The van der Waals surface area contributed by atoms with Gasteiger partial charge in [-0.2, -0.15) is 0 Å². The second kappa shape index (κ2) is 4.95. The van der Waals surface area contributed by atoms with Crippen LogP contribution in [-0.4, -0.2) is 5.24 Å². The Morgan fingerprint density at radius 1 is 0.938 bits per heavy atom. The third-order valence-corrected chi connectivity index (χ3v) is 2.71. The SMILES string of the molecule is O=C(Cl)c1ccc(C2C=CC=CC=C2)cc1. The predicted octanol–water partition coefficient (Wildman–Crippen LogP) is 3.83. The van der Waals surface area contributed by atoms with Gasteiger partial charge >= 0.3 is 0 Å². The van der Waals surface area contributed by atoms with E-state index in [9.17, 15) is 4.79 Å². The minimum absolute atomic E-state index is 0.259. The van der Waals surface area contributed by atoms with Gasteiger partial charge in [0.25, 0.3) is 5.24 Å². The van der Waals surface area contributed by atoms with Gasteiger partial charge in [0.2, 0.25) is 0 Å². The van der Waals surface area contributed by atoms with Gasteiger partial charge in [-0.3, -0.25) is 4.79 Å². The predicted molar refractivity (Wildman–Crippen MR) is 66.8 cm³/mol. The summed E-state index contributed by atoms with van der Waals surface area (Å²) >= 11 is 5.39. The van der Waals surface area contributed by atoms with Crippen LogP contribution < -0.4 is 0 Å². The highest BCUT2D eigenvalue weighted by molar-refractivity contribution is 6.67. The van der Waals surface area contributed by atoms with E-state index in [1.165, 1.54) is 0 Å². The fourth-order valence-corrected chi connectivity index (χ4v) is 1.74. The monoisotopic (exact) mass is 230 g/mol. The first-order chi connectivity index (χ1) is 7.77. The average molecular weight is 231 g/mol. The number of halogens is 1. The lowest BCUT2D eigenvalue weighted by Crippen LogP contribution is -1.93. The molecule has 1 aliphatic rings. The molecule has 2 rings (SSSR count). The molecule has 0 aliphatic heterocycles. The zero-order valence-electron chi connectivity index (χ0n) is 8.64. The Hall–Kier alpha value is -1.60. The van der Waals surface area contributed by atoms with Crippen LogP contribution in [0, 0.1) is 0 Å². The largest absolute Gasteiger partial charge is 0.276 e. The van der Waals surface area contributed by atoms with Crippen LogP contribution in [-0.2, 0) is 0 Å². The molecule has 0 N–H and O–H groups in total. The molecule has 0 unspecified atom stereocenters. The zero-order chi connectivity index (χ0) is 11.4. The van der Waals surface area contributed by atoms with Crippen molar-refractivity contribution in [3.8, 4) is 0 Å². The van der Waals surface area contributed by atoms with Gasteiger partial charge in [0.15, 0.2) is 0 Å². The van der Waals surface area contributed by atoms with Crippen molar-refractivity contribution < 1.29 is 4.79 Å². The summed E-state index contributed by atoms with van der Waals surface area (Å²) in [4.78, 5) is 10.9. The number of rotatable bonds is 2. The Morgan fingerprint density at radius 3 is 2.00 bits per heavy atom. The second-order valence-corrected chi connectivity index (χ2v) is 3.92. The average Bonchev–Trinajstić information content (AvgIpc) is 2.57. The number of hydrogen-bond donors (Lipinski definition) is 0. The molecule has 0 aromatic heterocycles. The van der Waals surface area contributed by atoms with E-state index < -0.39 is 5.24 Å². The summed E-state index contributed by atoms with van der Waals surface area (Å²) in [7, 11) is 0. The van der Waals surface area contributed by atoms with Gasteiger partial charge in [-0.05, 0) is 29.3 Å². The summed E-state index contributed by atoms with van der Waals surface area (Å²) in [6.45, 7) is 0. The third-order valence-electron chi connectivity index (χ3n) is 2.49. The Bertz CT molecular complexity index is 450. The highest BCUT2D eigenvalue weighted by Crippen LogP contribution is 2.21. The van der Waals surface area contributed by atoms with Crippen molar-refractivity contribution in [2.45, 2.75) is 5.92 Å². The van der Waals surface area contributed by atoms with Crippen LogP contribution in [0.1, 0.15) is 21.8 Å². The summed E-state index contributed by atoms with van der Waals surface area (Å²) in [5.41, 5.74) is 1.68. The first-order valence-corrected chi connectivity index (χ1v) is 5.46. The number of benzene rings is 1. The van der Waals surface area contributed by atoms with E-state index in [0.29, 0.717) is 5.56 Å². The second-order valence-electron chi connectivity index (χ2n) is 3.58. The van der Waals surface area contributed by atoms with Crippen molar-refractivity contribution in [3.63, 3.8) is 0 Å². The molecule has 0 radical (unpaired) electrons. The van der Waals surface area contributed by atoms with Crippen LogP contribution in [0.5, 0.6) is 0 Å². The summed E-state index contributed by atoms with van der Waals surface area (Å²) in [5, 5.41) is -0.417. The fourth-order valence-electron chi connectivity index (χ4n) is 1.62. The summed E-state index contributed by atoms with van der Waals surface area (Å²) < 4.78 is 0. The van der Waals surface area contributed by atoms with Crippen LogP contribution >= 0.6 is 11.6 Å². The minimum Gasteiger partial charge on any atom is -0.276 e. The minimum atomic E-state index is -0.417. The van der Waals surface area contributed by atoms with Crippen molar-refractivity contribution in [2.24, 2.45) is 0 Å². The maximum atomic E-state index is 10.9. The Balaban J connectivity index is 2.25. The molecule has 1 aliphatic carbocycles. The van der Waals surface area contributed by atoms with Crippen molar-refractivity contribution in [2.75, 3.05) is 0 Å². The molecular formula is C14H11ClO. The lowest BCUT2D eigenvalue weighted by Gasteiger charge is -2.07. The highest BCUT2D eigenvalue weighted by Gasteiger charge is 2.06. The van der Waals surface area contributed by atoms with Gasteiger partial charge < -0.3 is 0 Å². The van der Waals surface area contributed by atoms with Gasteiger partial charge in [-0.15, -0.1) is 0 Å². The normalized spacial score (nSPS) is 15.1. The van der Waals surface area contributed by atoms with E-state index in [1.807, 2.05) is 36.4 Å². The van der Waals surface area contributed by atoms with E-state index in [2.05, 4.69) is 12.2 Å². The third kappa shape index (κ3) is 2.50. The molecule has 0 heterocycles. The summed E-state index contributed by atoms with van der Waals surface area (Å²) in [6, 6.07) is 7.37. The lowest BCUT2D eigenvalue weighted by atomic mass is 9.97. The molecule has 1 nitrogen and oxygen atoms in total. The molecule has 1 aromatic rings. The number of allylic oxidation sites excluding steroid dienone is 6. The van der Waals surface area contributed by atoms with Crippen LogP contribution in [0.2, 0.25) is 0 Å². The van der Waals surface area contributed by atoms with Gasteiger partial charge in [-0.25, -0.2) is 0 Å². The van der Waals surface area contributed by atoms with E-state index in [0.717, 1.165) is 5.56 Å². The fraction of sp³-hybridized carbons (Fsp3) is 0.0714. The molecular weight excluding hydrogens is 220 g/mol. The standard InChI is InChI=1S/C14H11ClO/c15-14(16)13-9-7-12(8-10-13)11-5-3-1-2-4-6-11/h1-11H. The number of hydrogen-bond acceptors (Lipinski definition) is 1. The first-order valence-electron chi connectivity index (χ1n) is 5.09. The molecule has 80 valence electrons. The number of carbonyl (C=O) groups is 1. The molecule has 0 amide bonds. The Kier molecular flexibility index (Phi) is 3.37. The smallest absolute Gasteiger partial charge is 0.252 e. The zero-order valence-corrected chi connectivity index (χ0v) is 9.39. The van der Waals surface area contributed by atoms with Crippen molar-refractivity contribution in [1.82, 2.24) is 0 Å². The van der Waals surface area contributed by atoms with Crippen LogP contribution in [0.25, 0.3) is 0 Å². The van der Waals surface area contributed by atoms with E-state index in [4.69, 9.17) is 11.6 Å². The topological polar surface area (TPSA) is 17.1 Å². The molecule has 1 aromatic carbocycles. The van der Waals surface area contributed by atoms with Crippen molar-refractivity contribution in [3.05, 3.63) is 71.8 Å². The lowest BCUT2D eigenvalue weighted by molar-refractivity contribution is 0.108. The number of carbonyl (C=O) groups excluding carboxylic acids is 1. The molecule has 0 saturated carbocycles. The highest BCUT2D eigenvalue weighted by atomic mass is 35.5. The van der Waals surface area contributed by atoms with Crippen LogP contribution in [0.3, 0.4) is 0 Å². The van der Waals surface area contributed by atoms with Crippen LogP contribution in [0.15, 0.2) is 60.7 Å². The molecule has 16 heavy (non-hydrogen) atoms. The Labute approximate surface area is 99.7 Å². The summed E-state index contributed by atoms with van der Waals surface area (Å²) in [5.74, 6) is 0.259. The van der Waals surface area contributed by atoms with Gasteiger partial charge in [0.05, 0.1) is 0 Å². The van der Waals surface area contributed by atoms with Crippen LogP contribution in [0.4, 0.5) is 0 Å². The molecule has 0 bridgehead atoms. The van der Waals surface area contributed by atoms with Crippen molar-refractivity contribution >= 4 is 16.8 Å². The molecule has 0 fully saturated rings. The van der Waals surface area contributed by atoms with E-state index >= 15 is 0 Å². The molecule has 0 atom stereocenters. The Morgan fingerprint density at radius 2 is 1.50 bits per heavy atom.